The monoisotopic (exact) mass is 254 g/mol. The average molecular weight is 254 g/mol. The number of aliphatic hydroxyl groups is 1. The first-order chi connectivity index (χ1) is 8.70. The quantitative estimate of drug-likeness (QED) is 0.881. The molecule has 18 heavy (non-hydrogen) atoms. The molecule has 4 heteroatoms. The summed E-state index contributed by atoms with van der Waals surface area (Å²) in [7, 11) is 0. The average Bonchev–Trinajstić information content (AvgIpc) is 2.44. The number of nitrogens with zero attached hydrogens (tertiary/aromatic N) is 2. The highest BCUT2D eigenvalue weighted by atomic mass is 19.1. The molecule has 0 bridgehead atoms. The Kier molecular flexibility index (Phi) is 6.05. The second kappa shape index (κ2) is 7.31. The Bertz CT molecular complexity index is 342. The fourth-order valence-corrected chi connectivity index (χ4v) is 1.94. The van der Waals surface area contributed by atoms with E-state index in [0.717, 1.165) is 17.8 Å². The molecule has 2 heterocycles. The summed E-state index contributed by atoms with van der Waals surface area (Å²) in [4.78, 5) is 6.22. The number of pyridine rings is 1. The van der Waals surface area contributed by atoms with Gasteiger partial charge in [0, 0.05) is 12.2 Å². The SMILES string of the molecule is CC.CCc1ccc(N2CCC(O)C(F)C2)cn1. The molecule has 3 nitrogen and oxygen atoms in total. The Labute approximate surface area is 109 Å². The van der Waals surface area contributed by atoms with Crippen LogP contribution in [-0.2, 0) is 6.42 Å². The van der Waals surface area contributed by atoms with Gasteiger partial charge in [0.15, 0.2) is 0 Å². The van der Waals surface area contributed by atoms with Crippen LogP contribution in [0.3, 0.4) is 0 Å². The van der Waals surface area contributed by atoms with E-state index in [9.17, 15) is 9.50 Å². The molecule has 2 unspecified atom stereocenters. The normalized spacial score (nSPS) is 23.3. The van der Waals surface area contributed by atoms with E-state index in [1.807, 2.05) is 30.9 Å². The zero-order chi connectivity index (χ0) is 13.5. The van der Waals surface area contributed by atoms with Gasteiger partial charge in [0.05, 0.1) is 24.5 Å². The molecule has 2 rings (SSSR count). The summed E-state index contributed by atoms with van der Waals surface area (Å²) in [6, 6.07) is 3.93. The number of hydrogen-bond acceptors (Lipinski definition) is 3. The third-order valence-electron chi connectivity index (χ3n) is 3.04. The molecule has 1 aromatic heterocycles. The number of piperidine rings is 1. The number of aryl methyl sites for hydroxylation is 1. The molecule has 0 radical (unpaired) electrons. The van der Waals surface area contributed by atoms with Crippen LogP contribution in [0.4, 0.5) is 10.1 Å². The third kappa shape index (κ3) is 3.67. The minimum Gasteiger partial charge on any atom is -0.390 e. The van der Waals surface area contributed by atoms with E-state index in [2.05, 4.69) is 11.9 Å². The van der Waals surface area contributed by atoms with Crippen molar-refractivity contribution in [1.29, 1.82) is 0 Å². The molecule has 1 N–H and O–H groups in total. The maximum Gasteiger partial charge on any atom is 0.143 e. The van der Waals surface area contributed by atoms with Gasteiger partial charge in [0.2, 0.25) is 0 Å². The van der Waals surface area contributed by atoms with Gasteiger partial charge in [-0.05, 0) is 25.0 Å². The Morgan fingerprint density at radius 3 is 2.67 bits per heavy atom. The lowest BCUT2D eigenvalue weighted by atomic mass is 10.1. The van der Waals surface area contributed by atoms with E-state index in [0.29, 0.717) is 13.0 Å². The number of aromatic nitrogens is 1. The topological polar surface area (TPSA) is 36.4 Å². The molecular weight excluding hydrogens is 231 g/mol. The summed E-state index contributed by atoms with van der Waals surface area (Å²) in [6.45, 7) is 7.00. The Balaban J connectivity index is 0.000000771. The van der Waals surface area contributed by atoms with Crippen molar-refractivity contribution < 1.29 is 9.50 Å². The zero-order valence-corrected chi connectivity index (χ0v) is 11.4. The van der Waals surface area contributed by atoms with E-state index in [4.69, 9.17) is 0 Å². The van der Waals surface area contributed by atoms with Crippen LogP contribution in [0.1, 0.15) is 32.9 Å². The van der Waals surface area contributed by atoms with Crippen molar-refractivity contribution in [2.24, 2.45) is 0 Å². The highest BCUT2D eigenvalue weighted by molar-refractivity contribution is 5.45. The number of aliphatic hydroxyl groups excluding tert-OH is 1. The van der Waals surface area contributed by atoms with Gasteiger partial charge in [0.1, 0.15) is 6.17 Å². The van der Waals surface area contributed by atoms with E-state index in [-0.39, 0.29) is 6.54 Å². The molecule has 0 amide bonds. The van der Waals surface area contributed by atoms with Gasteiger partial charge >= 0.3 is 0 Å². The van der Waals surface area contributed by atoms with E-state index >= 15 is 0 Å². The fourth-order valence-electron chi connectivity index (χ4n) is 1.94. The van der Waals surface area contributed by atoms with Gasteiger partial charge in [-0.2, -0.15) is 0 Å². The van der Waals surface area contributed by atoms with E-state index < -0.39 is 12.3 Å². The highest BCUT2D eigenvalue weighted by Crippen LogP contribution is 2.21. The van der Waals surface area contributed by atoms with Gasteiger partial charge in [0.25, 0.3) is 0 Å². The first-order valence-electron chi connectivity index (χ1n) is 6.72. The summed E-state index contributed by atoms with van der Waals surface area (Å²) >= 11 is 0. The largest absolute Gasteiger partial charge is 0.390 e. The number of anilines is 1. The van der Waals surface area contributed by atoms with Gasteiger partial charge in [-0.25, -0.2) is 4.39 Å². The molecule has 1 fully saturated rings. The maximum absolute atomic E-state index is 13.3. The predicted octanol–water partition coefficient (Wildman–Crippen LogP) is 2.58. The van der Waals surface area contributed by atoms with Crippen LogP contribution < -0.4 is 4.90 Å². The zero-order valence-electron chi connectivity index (χ0n) is 11.4. The molecule has 2 atom stereocenters. The van der Waals surface area contributed by atoms with Crippen molar-refractivity contribution in [3.63, 3.8) is 0 Å². The molecule has 1 aromatic rings. The minimum atomic E-state index is -1.15. The molecule has 1 aliphatic heterocycles. The van der Waals surface area contributed by atoms with Gasteiger partial charge in [-0.3, -0.25) is 4.98 Å². The van der Waals surface area contributed by atoms with Crippen LogP contribution in [0.5, 0.6) is 0 Å². The molecule has 102 valence electrons. The molecule has 1 saturated heterocycles. The summed E-state index contributed by atoms with van der Waals surface area (Å²) in [6.07, 6.45) is 1.21. The Morgan fingerprint density at radius 2 is 2.17 bits per heavy atom. The van der Waals surface area contributed by atoms with Crippen LogP contribution in [0, 0.1) is 0 Å². The van der Waals surface area contributed by atoms with Crippen LogP contribution in [0.2, 0.25) is 0 Å². The number of hydrogen-bond donors (Lipinski definition) is 1. The molecule has 0 aliphatic carbocycles. The lowest BCUT2D eigenvalue weighted by molar-refractivity contribution is 0.0615. The van der Waals surface area contributed by atoms with Crippen LogP contribution >= 0.6 is 0 Å². The second-order valence-corrected chi connectivity index (χ2v) is 4.18. The van der Waals surface area contributed by atoms with Gasteiger partial charge in [-0.1, -0.05) is 20.8 Å². The van der Waals surface area contributed by atoms with Crippen molar-refractivity contribution in [3.8, 4) is 0 Å². The summed E-state index contributed by atoms with van der Waals surface area (Å²) < 4.78 is 13.3. The second-order valence-electron chi connectivity index (χ2n) is 4.18. The van der Waals surface area contributed by atoms with Crippen molar-refractivity contribution in [2.45, 2.75) is 45.9 Å². The molecule has 0 aromatic carbocycles. The van der Waals surface area contributed by atoms with Crippen molar-refractivity contribution in [1.82, 2.24) is 4.98 Å². The van der Waals surface area contributed by atoms with Crippen LogP contribution in [-0.4, -0.2) is 35.5 Å². The smallest absolute Gasteiger partial charge is 0.143 e. The Morgan fingerprint density at radius 1 is 1.44 bits per heavy atom. The standard InChI is InChI=1S/C12H17FN2O.C2H6/c1-2-9-3-4-10(7-14-9)15-6-5-12(16)11(13)8-15;1-2/h3-4,7,11-12,16H,2,5-6,8H2,1H3;1-2H3. The summed E-state index contributed by atoms with van der Waals surface area (Å²) in [5, 5.41) is 9.31. The van der Waals surface area contributed by atoms with Gasteiger partial charge in [-0.15, -0.1) is 0 Å². The maximum atomic E-state index is 13.3. The van der Waals surface area contributed by atoms with Gasteiger partial charge < -0.3 is 10.0 Å². The number of rotatable bonds is 2. The first-order valence-corrected chi connectivity index (χ1v) is 6.72. The number of halogens is 1. The van der Waals surface area contributed by atoms with E-state index in [1.165, 1.54) is 0 Å². The Hall–Kier alpha value is -1.16. The lowest BCUT2D eigenvalue weighted by Gasteiger charge is -2.33. The van der Waals surface area contributed by atoms with Crippen LogP contribution in [0.15, 0.2) is 18.3 Å². The van der Waals surface area contributed by atoms with Crippen LogP contribution in [0.25, 0.3) is 0 Å². The number of alkyl halides is 1. The lowest BCUT2D eigenvalue weighted by Crippen LogP contribution is -2.44. The third-order valence-corrected chi connectivity index (χ3v) is 3.04. The summed E-state index contributed by atoms with van der Waals surface area (Å²) in [5.74, 6) is 0. The first kappa shape index (κ1) is 14.9. The van der Waals surface area contributed by atoms with Crippen molar-refractivity contribution >= 4 is 5.69 Å². The molecule has 1 aliphatic rings. The minimum absolute atomic E-state index is 0.258. The van der Waals surface area contributed by atoms with Crippen molar-refractivity contribution in [3.05, 3.63) is 24.0 Å². The molecule has 0 spiro atoms. The fraction of sp³-hybridized carbons (Fsp3) is 0.643. The predicted molar refractivity (Wildman–Crippen MR) is 72.7 cm³/mol. The molecular formula is C14H23FN2O. The summed E-state index contributed by atoms with van der Waals surface area (Å²) in [5.41, 5.74) is 1.98. The van der Waals surface area contributed by atoms with E-state index in [1.54, 1.807) is 6.20 Å². The van der Waals surface area contributed by atoms with Crippen molar-refractivity contribution in [2.75, 3.05) is 18.0 Å². The highest BCUT2D eigenvalue weighted by Gasteiger charge is 2.27. The molecule has 0 saturated carbocycles.